The third-order valence-electron chi connectivity index (χ3n) is 2.67. The molecule has 2 nitrogen and oxygen atoms in total. The molecule has 0 aliphatic rings. The Labute approximate surface area is 131 Å². The van der Waals surface area contributed by atoms with E-state index >= 15 is 0 Å². The van der Waals surface area contributed by atoms with Crippen LogP contribution in [-0.4, -0.2) is 9.97 Å². The first-order valence-electron chi connectivity index (χ1n) is 5.66. The Morgan fingerprint density at radius 1 is 1.00 bits per heavy atom. The standard InChI is InChI=1S/C13H10Cl4N2/c1-2-9-12(16)18-11(19-13(9)17)5-7-3-4-8(14)6-10(7)15/h3-4,6H,2,5H2,1H3. The normalized spacial score (nSPS) is 10.8. The second-order valence-corrected chi connectivity index (χ2v) is 5.53. The SMILES string of the molecule is CCc1c(Cl)nc(Cc2ccc(Cl)cc2Cl)nc1Cl. The Morgan fingerprint density at radius 2 is 1.63 bits per heavy atom. The van der Waals surface area contributed by atoms with Gasteiger partial charge in [-0.3, -0.25) is 0 Å². The van der Waals surface area contributed by atoms with Gasteiger partial charge in [0.2, 0.25) is 0 Å². The van der Waals surface area contributed by atoms with Crippen LogP contribution in [0.25, 0.3) is 0 Å². The molecule has 19 heavy (non-hydrogen) atoms. The molecule has 0 aliphatic carbocycles. The molecule has 0 atom stereocenters. The Hall–Kier alpha value is -0.540. The summed E-state index contributed by atoms with van der Waals surface area (Å²) < 4.78 is 0. The van der Waals surface area contributed by atoms with Crippen LogP contribution in [0, 0.1) is 0 Å². The largest absolute Gasteiger partial charge is 0.220 e. The van der Waals surface area contributed by atoms with Crippen LogP contribution in [0.15, 0.2) is 18.2 Å². The molecule has 0 unspecified atom stereocenters. The summed E-state index contributed by atoms with van der Waals surface area (Å²) in [5, 5.41) is 1.94. The maximum Gasteiger partial charge on any atom is 0.137 e. The van der Waals surface area contributed by atoms with Crippen molar-refractivity contribution in [3.63, 3.8) is 0 Å². The van der Waals surface area contributed by atoms with Gasteiger partial charge in [0.05, 0.1) is 0 Å². The fourth-order valence-electron chi connectivity index (χ4n) is 1.68. The van der Waals surface area contributed by atoms with Crippen LogP contribution in [0.2, 0.25) is 20.4 Å². The third kappa shape index (κ3) is 3.51. The topological polar surface area (TPSA) is 25.8 Å². The van der Waals surface area contributed by atoms with Gasteiger partial charge >= 0.3 is 0 Å². The molecule has 2 rings (SSSR count). The van der Waals surface area contributed by atoms with Crippen molar-refractivity contribution in [2.24, 2.45) is 0 Å². The average molecular weight is 336 g/mol. The zero-order valence-electron chi connectivity index (χ0n) is 10.1. The number of nitrogens with zero attached hydrogens (tertiary/aromatic N) is 2. The number of rotatable bonds is 3. The number of hydrogen-bond acceptors (Lipinski definition) is 2. The fourth-order valence-corrected chi connectivity index (χ4v) is 2.84. The van der Waals surface area contributed by atoms with Crippen LogP contribution >= 0.6 is 46.4 Å². The van der Waals surface area contributed by atoms with Gasteiger partial charge in [0.25, 0.3) is 0 Å². The molecule has 0 saturated heterocycles. The highest BCUT2D eigenvalue weighted by atomic mass is 35.5. The molecule has 1 aromatic carbocycles. The second kappa shape index (κ2) is 6.27. The van der Waals surface area contributed by atoms with Crippen molar-refractivity contribution in [3.05, 3.63) is 55.5 Å². The van der Waals surface area contributed by atoms with Crippen molar-refractivity contribution >= 4 is 46.4 Å². The molecule has 0 saturated carbocycles. The van der Waals surface area contributed by atoms with Gasteiger partial charge in [-0.05, 0) is 24.1 Å². The van der Waals surface area contributed by atoms with E-state index in [2.05, 4.69) is 9.97 Å². The lowest BCUT2D eigenvalue weighted by Gasteiger charge is -2.07. The van der Waals surface area contributed by atoms with Gasteiger partial charge in [-0.25, -0.2) is 9.97 Å². The Bertz CT molecular complexity index is 591. The fraction of sp³-hybridized carbons (Fsp3) is 0.231. The van der Waals surface area contributed by atoms with Crippen LogP contribution in [0.4, 0.5) is 0 Å². The number of benzene rings is 1. The first kappa shape index (κ1) is 14.9. The molecule has 0 amide bonds. The van der Waals surface area contributed by atoms with Gasteiger partial charge in [0.15, 0.2) is 0 Å². The predicted octanol–water partition coefficient (Wildman–Crippen LogP) is 5.24. The van der Waals surface area contributed by atoms with Crippen LogP contribution in [0.5, 0.6) is 0 Å². The lowest BCUT2D eigenvalue weighted by Crippen LogP contribution is -2.01. The molecule has 0 spiro atoms. The Balaban J connectivity index is 2.33. The minimum atomic E-state index is 0.391. The molecule has 0 aliphatic heterocycles. The minimum Gasteiger partial charge on any atom is -0.220 e. The van der Waals surface area contributed by atoms with E-state index in [1.54, 1.807) is 12.1 Å². The van der Waals surface area contributed by atoms with E-state index in [4.69, 9.17) is 46.4 Å². The van der Waals surface area contributed by atoms with Crippen molar-refractivity contribution in [2.45, 2.75) is 19.8 Å². The first-order valence-corrected chi connectivity index (χ1v) is 7.17. The Kier molecular flexibility index (Phi) is 4.91. The van der Waals surface area contributed by atoms with Crippen molar-refractivity contribution < 1.29 is 0 Å². The van der Waals surface area contributed by atoms with E-state index in [1.807, 2.05) is 13.0 Å². The molecule has 0 N–H and O–H groups in total. The van der Waals surface area contributed by atoms with E-state index in [0.29, 0.717) is 39.0 Å². The molecule has 0 fully saturated rings. The molecule has 0 radical (unpaired) electrons. The summed E-state index contributed by atoms with van der Waals surface area (Å²) in [4.78, 5) is 8.48. The van der Waals surface area contributed by atoms with E-state index in [1.165, 1.54) is 0 Å². The summed E-state index contributed by atoms with van der Waals surface area (Å²) >= 11 is 24.1. The number of hydrogen-bond donors (Lipinski definition) is 0. The Morgan fingerprint density at radius 3 is 2.16 bits per heavy atom. The highest BCUT2D eigenvalue weighted by molar-refractivity contribution is 6.35. The van der Waals surface area contributed by atoms with Gasteiger partial charge in [0, 0.05) is 22.0 Å². The molecular formula is C13H10Cl4N2. The van der Waals surface area contributed by atoms with E-state index in [-0.39, 0.29) is 0 Å². The van der Waals surface area contributed by atoms with Gasteiger partial charge in [-0.1, -0.05) is 59.4 Å². The van der Waals surface area contributed by atoms with Crippen molar-refractivity contribution in [3.8, 4) is 0 Å². The predicted molar refractivity (Wildman–Crippen MR) is 80.7 cm³/mol. The lowest BCUT2D eigenvalue weighted by atomic mass is 10.1. The third-order valence-corrected chi connectivity index (χ3v) is 3.88. The maximum atomic E-state index is 6.11. The van der Waals surface area contributed by atoms with Gasteiger partial charge < -0.3 is 0 Å². The molecule has 1 aromatic heterocycles. The monoisotopic (exact) mass is 334 g/mol. The summed E-state index contributed by atoms with van der Waals surface area (Å²) in [5.41, 5.74) is 1.64. The van der Waals surface area contributed by atoms with Gasteiger partial charge in [-0.15, -0.1) is 0 Å². The molecule has 100 valence electrons. The molecular weight excluding hydrogens is 326 g/mol. The molecule has 1 heterocycles. The van der Waals surface area contributed by atoms with E-state index < -0.39 is 0 Å². The minimum absolute atomic E-state index is 0.391. The van der Waals surface area contributed by atoms with Crippen molar-refractivity contribution in [1.82, 2.24) is 9.97 Å². The van der Waals surface area contributed by atoms with E-state index in [0.717, 1.165) is 11.1 Å². The zero-order valence-corrected chi connectivity index (χ0v) is 13.1. The highest BCUT2D eigenvalue weighted by Gasteiger charge is 2.11. The van der Waals surface area contributed by atoms with Crippen LogP contribution in [0.3, 0.4) is 0 Å². The van der Waals surface area contributed by atoms with E-state index in [9.17, 15) is 0 Å². The summed E-state index contributed by atoms with van der Waals surface area (Å²) in [7, 11) is 0. The quantitative estimate of drug-likeness (QED) is 0.716. The van der Waals surface area contributed by atoms with Crippen LogP contribution < -0.4 is 0 Å². The van der Waals surface area contributed by atoms with Crippen molar-refractivity contribution in [2.75, 3.05) is 0 Å². The van der Waals surface area contributed by atoms with Gasteiger partial charge in [0.1, 0.15) is 16.1 Å². The first-order chi connectivity index (χ1) is 9.01. The molecule has 0 bridgehead atoms. The second-order valence-electron chi connectivity index (χ2n) is 3.97. The smallest absolute Gasteiger partial charge is 0.137 e. The molecule has 2 aromatic rings. The average Bonchev–Trinajstić information content (AvgIpc) is 2.32. The number of aromatic nitrogens is 2. The lowest BCUT2D eigenvalue weighted by molar-refractivity contribution is 0.936. The van der Waals surface area contributed by atoms with Crippen molar-refractivity contribution in [1.29, 1.82) is 0 Å². The number of halogens is 4. The summed E-state index contributed by atoms with van der Waals surface area (Å²) in [6.07, 6.45) is 1.15. The zero-order chi connectivity index (χ0) is 14.0. The summed E-state index contributed by atoms with van der Waals surface area (Å²) in [5.74, 6) is 0.538. The summed E-state index contributed by atoms with van der Waals surface area (Å²) in [6.45, 7) is 1.95. The van der Waals surface area contributed by atoms with Crippen LogP contribution in [-0.2, 0) is 12.8 Å². The van der Waals surface area contributed by atoms with Crippen LogP contribution in [0.1, 0.15) is 23.9 Å². The summed E-state index contributed by atoms with van der Waals surface area (Å²) in [6, 6.07) is 5.29. The maximum absolute atomic E-state index is 6.11. The van der Waals surface area contributed by atoms with Gasteiger partial charge in [-0.2, -0.15) is 0 Å². The highest BCUT2D eigenvalue weighted by Crippen LogP contribution is 2.25. The molecule has 6 heteroatoms.